The number of aliphatic hydroxyl groups is 1. The molecule has 2 aromatic heterocycles. The Kier molecular flexibility index (Phi) is 7.47. The maximum Gasteiger partial charge on any atom is 0.261 e. The largest absolute Gasteiger partial charge is 0.393 e. The Balaban J connectivity index is 1.31. The molecule has 3 aromatic rings. The fourth-order valence-electron chi connectivity index (χ4n) is 5.67. The summed E-state index contributed by atoms with van der Waals surface area (Å²) in [5, 5.41) is 14.2. The molecule has 0 spiro atoms. The number of benzene rings is 1. The minimum absolute atomic E-state index is 0.0218. The molecule has 1 fully saturated rings. The number of rotatable bonds is 6. The lowest BCUT2D eigenvalue weighted by molar-refractivity contribution is 0.0796. The number of aryl methyl sites for hydroxylation is 1. The summed E-state index contributed by atoms with van der Waals surface area (Å²) in [5.74, 6) is 0.645. The molecule has 0 radical (unpaired) electrons. The summed E-state index contributed by atoms with van der Waals surface area (Å²) in [6, 6.07) is 14.5. The SMILES string of the molecule is CC(C)(C)[C@H]1CCc2nc3sc(C(=O)NC(CCN4CCC(O)CC4)c4ccccc4)cc3cc2C1. The number of thiophene rings is 1. The zero-order valence-electron chi connectivity index (χ0n) is 21.8. The third kappa shape index (κ3) is 5.82. The minimum Gasteiger partial charge on any atom is -0.393 e. The fourth-order valence-corrected chi connectivity index (χ4v) is 6.60. The third-order valence-corrected chi connectivity index (χ3v) is 9.16. The Labute approximate surface area is 218 Å². The average molecular weight is 506 g/mol. The van der Waals surface area contributed by atoms with Crippen molar-refractivity contribution in [3.8, 4) is 0 Å². The second kappa shape index (κ2) is 10.6. The van der Waals surface area contributed by atoms with E-state index in [4.69, 9.17) is 4.98 Å². The van der Waals surface area contributed by atoms with Crippen LogP contribution in [-0.2, 0) is 12.8 Å². The molecule has 5 nitrogen and oxygen atoms in total. The van der Waals surface area contributed by atoms with Gasteiger partial charge in [0, 0.05) is 30.7 Å². The van der Waals surface area contributed by atoms with Crippen LogP contribution in [0.1, 0.15) is 79.0 Å². The average Bonchev–Trinajstić information content (AvgIpc) is 3.28. The summed E-state index contributed by atoms with van der Waals surface area (Å²) >= 11 is 1.51. The number of likely N-dealkylation sites (tertiary alicyclic amines) is 1. The summed E-state index contributed by atoms with van der Waals surface area (Å²) in [4.78, 5) is 22.5. The lowest BCUT2D eigenvalue weighted by Crippen LogP contribution is -2.38. The molecule has 2 N–H and O–H groups in total. The summed E-state index contributed by atoms with van der Waals surface area (Å²) in [6.45, 7) is 9.74. The van der Waals surface area contributed by atoms with Crippen molar-refractivity contribution in [1.29, 1.82) is 0 Å². The molecule has 36 heavy (non-hydrogen) atoms. The smallest absolute Gasteiger partial charge is 0.261 e. The second-order valence-electron chi connectivity index (χ2n) is 11.7. The van der Waals surface area contributed by atoms with Crippen LogP contribution in [0.25, 0.3) is 10.2 Å². The Morgan fingerprint density at radius 1 is 1.17 bits per heavy atom. The number of amides is 1. The standard InChI is InChI=1S/C30H39N3O2S/c1-30(2,3)23-9-10-25-21(18-23)17-22-19-27(36-29(22)32-25)28(35)31-26(20-7-5-4-6-8-20)13-16-33-14-11-24(34)12-15-33/h4-8,17,19,23-24,26,34H,9-16,18H2,1-3H3,(H,31,35)/t23-,26?/m0/s1. The molecule has 1 aliphatic heterocycles. The Bertz CT molecular complexity index is 1190. The quantitative estimate of drug-likeness (QED) is 0.447. The number of piperidine rings is 1. The predicted octanol–water partition coefficient (Wildman–Crippen LogP) is 5.77. The maximum absolute atomic E-state index is 13.4. The Hall–Kier alpha value is -2.28. The number of carbonyl (C=O) groups excluding carboxylic acids is 1. The van der Waals surface area contributed by atoms with Crippen LogP contribution in [-0.4, -0.2) is 46.6 Å². The van der Waals surface area contributed by atoms with E-state index in [9.17, 15) is 9.90 Å². The molecule has 6 heteroatoms. The van der Waals surface area contributed by atoms with Crippen LogP contribution < -0.4 is 5.32 Å². The number of carbonyl (C=O) groups is 1. The van der Waals surface area contributed by atoms with Gasteiger partial charge in [0.1, 0.15) is 4.83 Å². The molecule has 1 aliphatic carbocycles. The molecule has 0 bridgehead atoms. The monoisotopic (exact) mass is 505 g/mol. The van der Waals surface area contributed by atoms with Crippen LogP contribution in [0.15, 0.2) is 42.5 Å². The number of hydrogen-bond acceptors (Lipinski definition) is 5. The van der Waals surface area contributed by atoms with Crippen LogP contribution >= 0.6 is 11.3 Å². The second-order valence-corrected chi connectivity index (χ2v) is 12.7. The molecule has 2 aliphatic rings. The van der Waals surface area contributed by atoms with Crippen molar-refractivity contribution in [3.05, 3.63) is 64.2 Å². The van der Waals surface area contributed by atoms with Crippen molar-refractivity contribution in [3.63, 3.8) is 0 Å². The van der Waals surface area contributed by atoms with E-state index in [1.807, 2.05) is 24.3 Å². The van der Waals surface area contributed by atoms with Crippen LogP contribution in [0.2, 0.25) is 0 Å². The van der Waals surface area contributed by atoms with E-state index in [-0.39, 0.29) is 18.1 Å². The molecule has 1 amide bonds. The van der Waals surface area contributed by atoms with Gasteiger partial charge in [0.15, 0.2) is 0 Å². The van der Waals surface area contributed by atoms with E-state index in [0.717, 1.165) is 72.4 Å². The number of nitrogens with one attached hydrogen (secondary N) is 1. The van der Waals surface area contributed by atoms with Crippen molar-refractivity contribution in [2.24, 2.45) is 11.3 Å². The predicted molar refractivity (Wildman–Crippen MR) is 148 cm³/mol. The van der Waals surface area contributed by atoms with Crippen molar-refractivity contribution in [2.75, 3.05) is 19.6 Å². The van der Waals surface area contributed by atoms with Gasteiger partial charge in [0.2, 0.25) is 0 Å². The molecule has 1 saturated heterocycles. The summed E-state index contributed by atoms with van der Waals surface area (Å²) in [5.41, 5.74) is 4.00. The van der Waals surface area contributed by atoms with Crippen molar-refractivity contribution in [1.82, 2.24) is 15.2 Å². The van der Waals surface area contributed by atoms with E-state index < -0.39 is 0 Å². The van der Waals surface area contributed by atoms with Gasteiger partial charge < -0.3 is 15.3 Å². The van der Waals surface area contributed by atoms with Crippen molar-refractivity contribution >= 4 is 27.5 Å². The van der Waals surface area contributed by atoms with E-state index >= 15 is 0 Å². The first-order valence-corrected chi connectivity index (χ1v) is 14.3. The lowest BCUT2D eigenvalue weighted by Gasteiger charge is -2.34. The topological polar surface area (TPSA) is 65.5 Å². The first-order valence-electron chi connectivity index (χ1n) is 13.4. The van der Waals surface area contributed by atoms with Gasteiger partial charge in [0.25, 0.3) is 5.91 Å². The van der Waals surface area contributed by atoms with E-state index in [1.165, 1.54) is 29.0 Å². The highest BCUT2D eigenvalue weighted by Gasteiger charge is 2.30. The van der Waals surface area contributed by atoms with Gasteiger partial charge in [-0.05, 0) is 73.1 Å². The van der Waals surface area contributed by atoms with Gasteiger partial charge >= 0.3 is 0 Å². The summed E-state index contributed by atoms with van der Waals surface area (Å²) in [6.07, 6.45) is 5.62. The highest BCUT2D eigenvalue weighted by Crippen LogP contribution is 2.38. The molecule has 0 saturated carbocycles. The first-order chi connectivity index (χ1) is 17.3. The van der Waals surface area contributed by atoms with Gasteiger partial charge in [-0.15, -0.1) is 11.3 Å². The van der Waals surface area contributed by atoms with Gasteiger partial charge in [0.05, 0.1) is 17.0 Å². The number of aliphatic hydroxyl groups excluding tert-OH is 1. The van der Waals surface area contributed by atoms with Crippen LogP contribution in [0.3, 0.4) is 0 Å². The molecule has 1 aromatic carbocycles. The van der Waals surface area contributed by atoms with Gasteiger partial charge in [-0.25, -0.2) is 4.98 Å². The zero-order chi connectivity index (χ0) is 25.3. The summed E-state index contributed by atoms with van der Waals surface area (Å²) < 4.78 is 0. The molecule has 192 valence electrons. The fraction of sp³-hybridized carbons (Fsp3) is 0.533. The molecular weight excluding hydrogens is 466 g/mol. The number of nitrogens with zero attached hydrogens (tertiary/aromatic N) is 2. The lowest BCUT2D eigenvalue weighted by atomic mass is 9.71. The molecule has 2 atom stereocenters. The van der Waals surface area contributed by atoms with E-state index in [2.05, 4.69) is 49.2 Å². The molecule has 5 rings (SSSR count). The van der Waals surface area contributed by atoms with Gasteiger partial charge in [-0.2, -0.15) is 0 Å². The Morgan fingerprint density at radius 3 is 2.64 bits per heavy atom. The van der Waals surface area contributed by atoms with Crippen molar-refractivity contribution in [2.45, 2.75) is 71.4 Å². The number of aromatic nitrogens is 1. The minimum atomic E-state index is -0.169. The number of fused-ring (bicyclic) bond motifs is 2. The Morgan fingerprint density at radius 2 is 1.92 bits per heavy atom. The highest BCUT2D eigenvalue weighted by atomic mass is 32.1. The zero-order valence-corrected chi connectivity index (χ0v) is 22.6. The third-order valence-electron chi connectivity index (χ3n) is 8.12. The molecular formula is C30H39N3O2S. The summed E-state index contributed by atoms with van der Waals surface area (Å²) in [7, 11) is 0. The number of hydrogen-bond donors (Lipinski definition) is 2. The molecule has 3 heterocycles. The first kappa shape index (κ1) is 25.4. The normalized spacial score (nSPS) is 20.3. The van der Waals surface area contributed by atoms with Crippen LogP contribution in [0.4, 0.5) is 0 Å². The maximum atomic E-state index is 13.4. The van der Waals surface area contributed by atoms with Gasteiger partial charge in [-0.3, -0.25) is 4.79 Å². The van der Waals surface area contributed by atoms with Crippen LogP contribution in [0, 0.1) is 11.3 Å². The number of pyridine rings is 1. The van der Waals surface area contributed by atoms with E-state index in [1.54, 1.807) is 0 Å². The molecule has 1 unspecified atom stereocenters. The highest BCUT2D eigenvalue weighted by molar-refractivity contribution is 7.20. The van der Waals surface area contributed by atoms with Gasteiger partial charge in [-0.1, -0.05) is 51.1 Å². The van der Waals surface area contributed by atoms with E-state index in [0.29, 0.717) is 11.3 Å². The van der Waals surface area contributed by atoms with Crippen LogP contribution in [0.5, 0.6) is 0 Å². The van der Waals surface area contributed by atoms with Crippen molar-refractivity contribution < 1.29 is 9.90 Å².